The molecular weight excluding hydrogens is 340 g/mol. The van der Waals surface area contributed by atoms with Crippen LogP contribution < -0.4 is 4.87 Å². The van der Waals surface area contributed by atoms with Crippen LogP contribution in [0.3, 0.4) is 0 Å². The van der Waals surface area contributed by atoms with Gasteiger partial charge in [-0.2, -0.15) is 0 Å². The van der Waals surface area contributed by atoms with Gasteiger partial charge >= 0.3 is 4.87 Å². The molecule has 0 aromatic carbocycles. The minimum atomic E-state index is -0.286. The molecule has 1 aliphatic heterocycles. The topological polar surface area (TPSA) is 78.7 Å². The molecule has 3 heterocycles. The quantitative estimate of drug-likeness (QED) is 0.630. The lowest BCUT2D eigenvalue weighted by Gasteiger charge is -2.35. The van der Waals surface area contributed by atoms with Crippen molar-refractivity contribution in [3.8, 4) is 0 Å². The van der Waals surface area contributed by atoms with Crippen LogP contribution in [0.2, 0.25) is 5.15 Å². The molecule has 23 heavy (non-hydrogen) atoms. The molecule has 3 rings (SSSR count). The molecule has 0 atom stereocenters. The third kappa shape index (κ3) is 3.17. The number of rotatable bonds is 4. The normalized spacial score (nSPS) is 15.8. The second kappa shape index (κ2) is 6.82. The first-order valence-corrected chi connectivity index (χ1v) is 8.35. The number of pyridine rings is 1. The van der Waals surface area contributed by atoms with Gasteiger partial charge in [-0.1, -0.05) is 22.9 Å². The van der Waals surface area contributed by atoms with Crippen LogP contribution in [0.5, 0.6) is 0 Å². The summed E-state index contributed by atoms with van der Waals surface area (Å²) in [5.41, 5.74) is 0.556. The number of aromatic nitrogens is 2. The number of thiazole rings is 1. The van der Waals surface area contributed by atoms with Crippen LogP contribution in [-0.4, -0.2) is 69.7 Å². The summed E-state index contributed by atoms with van der Waals surface area (Å²) in [6, 6.07) is 3.27. The molecule has 7 nitrogen and oxygen atoms in total. The SMILES string of the molecule is O=C=C(N1CCN(CCO)CC1)n1c(=O)sc2nc(Cl)ccc21. The van der Waals surface area contributed by atoms with Gasteiger partial charge in [0.2, 0.25) is 5.82 Å². The van der Waals surface area contributed by atoms with Crippen LogP contribution in [0.1, 0.15) is 0 Å². The van der Waals surface area contributed by atoms with Crippen molar-refractivity contribution in [3.05, 3.63) is 27.0 Å². The summed E-state index contributed by atoms with van der Waals surface area (Å²) >= 11 is 6.80. The van der Waals surface area contributed by atoms with Crippen LogP contribution in [0.15, 0.2) is 16.9 Å². The monoisotopic (exact) mass is 354 g/mol. The number of piperazine rings is 1. The number of nitrogens with zero attached hydrogens (tertiary/aromatic N) is 4. The number of halogens is 1. The van der Waals surface area contributed by atoms with E-state index in [1.54, 1.807) is 12.1 Å². The van der Waals surface area contributed by atoms with Crippen molar-refractivity contribution < 1.29 is 9.90 Å². The molecule has 1 aliphatic rings. The summed E-state index contributed by atoms with van der Waals surface area (Å²) in [5, 5.41) is 9.29. The van der Waals surface area contributed by atoms with Crippen LogP contribution in [-0.2, 0) is 4.79 Å². The summed E-state index contributed by atoms with van der Waals surface area (Å²) in [4.78, 5) is 32.1. The third-order valence-corrected chi connectivity index (χ3v) is 4.87. The Balaban J connectivity index is 1.93. The molecule has 9 heteroatoms. The first kappa shape index (κ1) is 16.2. The molecule has 0 aliphatic carbocycles. The lowest BCUT2D eigenvalue weighted by atomic mass is 10.3. The Morgan fingerprint density at radius 2 is 2.09 bits per heavy atom. The Kier molecular flexibility index (Phi) is 4.79. The minimum absolute atomic E-state index is 0.109. The van der Waals surface area contributed by atoms with E-state index in [1.807, 2.05) is 10.8 Å². The van der Waals surface area contributed by atoms with Gasteiger partial charge in [0.05, 0.1) is 12.1 Å². The van der Waals surface area contributed by atoms with Gasteiger partial charge in [0.1, 0.15) is 9.98 Å². The highest BCUT2D eigenvalue weighted by Gasteiger charge is 2.23. The minimum Gasteiger partial charge on any atom is -0.395 e. The summed E-state index contributed by atoms with van der Waals surface area (Å²) in [7, 11) is 0. The van der Waals surface area contributed by atoms with E-state index in [4.69, 9.17) is 16.7 Å². The number of aliphatic hydroxyl groups excluding tert-OH is 1. The van der Waals surface area contributed by atoms with Gasteiger partial charge in [-0.3, -0.25) is 9.69 Å². The molecule has 2 aromatic rings. The van der Waals surface area contributed by atoms with E-state index >= 15 is 0 Å². The Morgan fingerprint density at radius 1 is 1.35 bits per heavy atom. The average molecular weight is 355 g/mol. The molecule has 1 fully saturated rings. The van der Waals surface area contributed by atoms with Gasteiger partial charge in [-0.25, -0.2) is 14.3 Å². The fourth-order valence-corrected chi connectivity index (χ4v) is 3.71. The van der Waals surface area contributed by atoms with Gasteiger partial charge in [-0.15, -0.1) is 0 Å². The summed E-state index contributed by atoms with van der Waals surface area (Å²) in [5.74, 6) is 2.10. The molecule has 2 aromatic heterocycles. The molecule has 0 spiro atoms. The summed E-state index contributed by atoms with van der Waals surface area (Å²) in [6.45, 7) is 3.33. The maximum absolute atomic E-state index is 12.3. The summed E-state index contributed by atoms with van der Waals surface area (Å²) in [6.07, 6.45) is 0. The van der Waals surface area contributed by atoms with Gasteiger partial charge in [0, 0.05) is 32.7 Å². The highest BCUT2D eigenvalue weighted by Crippen LogP contribution is 2.22. The lowest BCUT2D eigenvalue weighted by molar-refractivity contribution is 0.141. The largest absolute Gasteiger partial charge is 0.395 e. The zero-order valence-electron chi connectivity index (χ0n) is 12.2. The van der Waals surface area contributed by atoms with E-state index in [1.165, 1.54) is 4.57 Å². The van der Waals surface area contributed by atoms with Crippen molar-refractivity contribution in [2.75, 3.05) is 39.3 Å². The highest BCUT2D eigenvalue weighted by molar-refractivity contribution is 7.16. The Labute approximate surface area is 141 Å². The molecule has 122 valence electrons. The number of carbonyl (C=O) groups excluding carboxylic acids is 1. The van der Waals surface area contributed by atoms with Gasteiger partial charge < -0.3 is 10.0 Å². The fourth-order valence-electron chi connectivity index (χ4n) is 2.66. The third-order valence-electron chi connectivity index (χ3n) is 3.80. The zero-order valence-corrected chi connectivity index (χ0v) is 13.8. The Bertz CT molecular complexity index is 819. The van der Waals surface area contributed by atoms with E-state index in [2.05, 4.69) is 9.88 Å². The molecule has 0 bridgehead atoms. The second-order valence-electron chi connectivity index (χ2n) is 5.14. The molecule has 0 saturated carbocycles. The predicted octanol–water partition coefficient (Wildman–Crippen LogP) is 0.351. The van der Waals surface area contributed by atoms with Crippen molar-refractivity contribution >= 4 is 45.0 Å². The molecule has 1 saturated heterocycles. The van der Waals surface area contributed by atoms with Crippen molar-refractivity contribution in [1.82, 2.24) is 19.4 Å². The number of β-amino-alcohol motifs (C(OH)–C–C–N with tert-alkyl or cyclic N) is 1. The maximum Gasteiger partial charge on any atom is 0.315 e. The van der Waals surface area contributed by atoms with E-state index in [0.29, 0.717) is 48.2 Å². The smallest absolute Gasteiger partial charge is 0.315 e. The molecular formula is C14H15ClN4O3S. The molecule has 0 radical (unpaired) electrons. The highest BCUT2D eigenvalue weighted by atomic mass is 35.5. The van der Waals surface area contributed by atoms with Crippen molar-refractivity contribution in [2.24, 2.45) is 0 Å². The fraction of sp³-hybridized carbons (Fsp3) is 0.429. The number of hydrogen-bond acceptors (Lipinski definition) is 7. The van der Waals surface area contributed by atoms with Crippen molar-refractivity contribution in [2.45, 2.75) is 0 Å². The van der Waals surface area contributed by atoms with E-state index in [0.717, 1.165) is 11.3 Å². The average Bonchev–Trinajstić information content (AvgIpc) is 2.85. The van der Waals surface area contributed by atoms with Crippen molar-refractivity contribution in [3.63, 3.8) is 0 Å². The van der Waals surface area contributed by atoms with Crippen LogP contribution in [0.4, 0.5) is 0 Å². The van der Waals surface area contributed by atoms with E-state index in [-0.39, 0.29) is 17.3 Å². The first-order chi connectivity index (χ1) is 11.1. The standard InChI is InChI=1S/C14H15ClN4O3S/c15-11-2-1-10-13(16-11)23-14(22)19(10)12(9-21)18-5-3-17(4-6-18)7-8-20/h1-2,20H,3-8H2. The zero-order chi connectivity index (χ0) is 16.4. The Hall–Kier alpha value is -1.70. The molecule has 0 amide bonds. The Morgan fingerprint density at radius 3 is 2.74 bits per heavy atom. The van der Waals surface area contributed by atoms with Crippen LogP contribution in [0, 0.1) is 0 Å². The first-order valence-electron chi connectivity index (χ1n) is 7.16. The second-order valence-corrected chi connectivity index (χ2v) is 6.47. The number of aliphatic hydroxyl groups is 1. The van der Waals surface area contributed by atoms with Gasteiger partial charge in [-0.05, 0) is 12.1 Å². The predicted molar refractivity (Wildman–Crippen MR) is 89.4 cm³/mol. The van der Waals surface area contributed by atoms with E-state index in [9.17, 15) is 9.59 Å². The van der Waals surface area contributed by atoms with Gasteiger partial charge in [0.15, 0.2) is 5.94 Å². The maximum atomic E-state index is 12.3. The summed E-state index contributed by atoms with van der Waals surface area (Å²) < 4.78 is 1.35. The molecule has 0 unspecified atom stereocenters. The number of hydrogen-bond donors (Lipinski definition) is 1. The van der Waals surface area contributed by atoms with Gasteiger partial charge in [0.25, 0.3) is 0 Å². The lowest BCUT2D eigenvalue weighted by Crippen LogP contribution is -2.47. The number of fused-ring (bicyclic) bond motifs is 1. The van der Waals surface area contributed by atoms with Crippen LogP contribution >= 0.6 is 22.9 Å². The van der Waals surface area contributed by atoms with E-state index < -0.39 is 0 Å². The van der Waals surface area contributed by atoms with Crippen molar-refractivity contribution in [1.29, 1.82) is 0 Å². The van der Waals surface area contributed by atoms with Crippen LogP contribution in [0.25, 0.3) is 16.2 Å². The molecule has 1 N–H and O–H groups in total.